The monoisotopic (exact) mass is 209 g/mol. The molecule has 1 unspecified atom stereocenters. The van der Waals surface area contributed by atoms with Gasteiger partial charge in [0, 0.05) is 6.04 Å². The van der Waals surface area contributed by atoms with E-state index in [0.717, 1.165) is 12.0 Å². The van der Waals surface area contributed by atoms with Crippen LogP contribution in [-0.4, -0.2) is 13.1 Å². The Morgan fingerprint density at radius 1 is 1.00 bits per heavy atom. The normalized spacial score (nSPS) is 29.2. The first-order chi connectivity index (χ1) is 7.26. The molecule has 2 aliphatic rings. The Morgan fingerprint density at radius 3 is 2.13 bits per heavy atom. The number of rotatable bonds is 3. The molecule has 0 aromatic carbocycles. The third kappa shape index (κ3) is 2.38. The molecule has 0 saturated heterocycles. The van der Waals surface area contributed by atoms with Crippen molar-refractivity contribution in [2.24, 2.45) is 11.3 Å². The minimum atomic E-state index is 0.599. The summed E-state index contributed by atoms with van der Waals surface area (Å²) in [7, 11) is 2.18. The van der Waals surface area contributed by atoms with E-state index in [9.17, 15) is 0 Å². The highest BCUT2D eigenvalue weighted by atomic mass is 14.9. The molecule has 0 spiro atoms. The largest absolute Gasteiger partial charge is 0.316 e. The zero-order valence-corrected chi connectivity index (χ0v) is 10.5. The molecule has 88 valence electrons. The molecule has 0 radical (unpaired) electrons. The Kier molecular flexibility index (Phi) is 3.71. The summed E-state index contributed by atoms with van der Waals surface area (Å²) < 4.78 is 0. The summed E-state index contributed by atoms with van der Waals surface area (Å²) in [5, 5.41) is 3.65. The molecular weight excluding hydrogens is 182 g/mol. The molecule has 2 saturated carbocycles. The Labute approximate surface area is 95.0 Å². The van der Waals surface area contributed by atoms with E-state index >= 15 is 0 Å². The number of hydrogen-bond acceptors (Lipinski definition) is 1. The van der Waals surface area contributed by atoms with Gasteiger partial charge in [-0.3, -0.25) is 0 Å². The predicted molar refractivity (Wildman–Crippen MR) is 66.0 cm³/mol. The quantitative estimate of drug-likeness (QED) is 0.746. The van der Waals surface area contributed by atoms with Crippen molar-refractivity contribution < 1.29 is 0 Å². The fourth-order valence-electron chi connectivity index (χ4n) is 4.11. The van der Waals surface area contributed by atoms with E-state index in [1.807, 2.05) is 0 Å². The van der Waals surface area contributed by atoms with Crippen LogP contribution in [0.5, 0.6) is 0 Å². The standard InChI is InChI=1S/C14H27N/c1-14(10-6-3-7-11-14)13(15-2)12-8-4-5-9-12/h12-13,15H,3-11H2,1-2H3. The van der Waals surface area contributed by atoms with Crippen LogP contribution in [0.15, 0.2) is 0 Å². The summed E-state index contributed by atoms with van der Waals surface area (Å²) >= 11 is 0. The lowest BCUT2D eigenvalue weighted by atomic mass is 9.66. The van der Waals surface area contributed by atoms with E-state index < -0.39 is 0 Å². The molecule has 2 aliphatic carbocycles. The molecule has 0 aliphatic heterocycles. The molecule has 2 rings (SSSR count). The van der Waals surface area contributed by atoms with Crippen molar-refractivity contribution in [3.8, 4) is 0 Å². The van der Waals surface area contributed by atoms with E-state index in [1.165, 1.54) is 57.8 Å². The number of nitrogens with one attached hydrogen (secondary N) is 1. The fourth-order valence-corrected chi connectivity index (χ4v) is 4.11. The number of hydrogen-bond donors (Lipinski definition) is 1. The van der Waals surface area contributed by atoms with Gasteiger partial charge < -0.3 is 5.32 Å². The van der Waals surface area contributed by atoms with E-state index in [1.54, 1.807) is 0 Å². The maximum atomic E-state index is 3.65. The SMILES string of the molecule is CNC(C1CCCC1)C1(C)CCCCC1. The van der Waals surface area contributed by atoms with Gasteiger partial charge in [0.05, 0.1) is 0 Å². The predicted octanol–water partition coefficient (Wildman–Crippen LogP) is 3.74. The molecular formula is C14H27N. The van der Waals surface area contributed by atoms with Gasteiger partial charge in [0.25, 0.3) is 0 Å². The van der Waals surface area contributed by atoms with Crippen LogP contribution in [0.25, 0.3) is 0 Å². The highest BCUT2D eigenvalue weighted by Crippen LogP contribution is 2.44. The first-order valence-electron chi connectivity index (χ1n) is 6.93. The maximum absolute atomic E-state index is 3.65. The van der Waals surface area contributed by atoms with Gasteiger partial charge >= 0.3 is 0 Å². The Morgan fingerprint density at radius 2 is 1.60 bits per heavy atom. The van der Waals surface area contributed by atoms with Crippen molar-refractivity contribution >= 4 is 0 Å². The zero-order chi connectivity index (χ0) is 10.7. The molecule has 0 bridgehead atoms. The molecule has 1 heteroatoms. The second kappa shape index (κ2) is 4.86. The third-order valence-electron chi connectivity index (χ3n) is 4.93. The highest BCUT2D eigenvalue weighted by molar-refractivity contribution is 4.94. The zero-order valence-electron chi connectivity index (χ0n) is 10.5. The van der Waals surface area contributed by atoms with Crippen molar-refractivity contribution in [3.63, 3.8) is 0 Å². The van der Waals surface area contributed by atoms with E-state index in [4.69, 9.17) is 0 Å². The van der Waals surface area contributed by atoms with E-state index in [0.29, 0.717) is 5.41 Å². The van der Waals surface area contributed by atoms with Crippen LogP contribution in [0.4, 0.5) is 0 Å². The molecule has 1 atom stereocenters. The summed E-state index contributed by atoms with van der Waals surface area (Å²) in [5.74, 6) is 0.970. The van der Waals surface area contributed by atoms with Crippen LogP contribution in [0.3, 0.4) is 0 Å². The minimum absolute atomic E-state index is 0.599. The van der Waals surface area contributed by atoms with Gasteiger partial charge in [-0.15, -0.1) is 0 Å². The first-order valence-corrected chi connectivity index (χ1v) is 6.93. The summed E-state index contributed by atoms with van der Waals surface area (Å²) in [6, 6.07) is 0.792. The molecule has 0 aromatic heterocycles. The van der Waals surface area contributed by atoms with Crippen LogP contribution in [0, 0.1) is 11.3 Å². The van der Waals surface area contributed by atoms with Crippen LogP contribution in [0.2, 0.25) is 0 Å². The van der Waals surface area contributed by atoms with Gasteiger partial charge in [0.2, 0.25) is 0 Å². The summed E-state index contributed by atoms with van der Waals surface area (Å²) in [5.41, 5.74) is 0.599. The summed E-state index contributed by atoms with van der Waals surface area (Å²) in [6.45, 7) is 2.53. The minimum Gasteiger partial charge on any atom is -0.316 e. The molecule has 0 amide bonds. The Hall–Kier alpha value is -0.0400. The van der Waals surface area contributed by atoms with E-state index in [-0.39, 0.29) is 0 Å². The van der Waals surface area contributed by atoms with Crippen molar-refractivity contribution in [1.29, 1.82) is 0 Å². The van der Waals surface area contributed by atoms with Gasteiger partial charge in [0.1, 0.15) is 0 Å². The Bertz CT molecular complexity index is 188. The molecule has 0 aromatic rings. The molecule has 1 nitrogen and oxygen atoms in total. The van der Waals surface area contributed by atoms with E-state index in [2.05, 4.69) is 19.3 Å². The van der Waals surface area contributed by atoms with Gasteiger partial charge in [-0.25, -0.2) is 0 Å². The smallest absolute Gasteiger partial charge is 0.0146 e. The van der Waals surface area contributed by atoms with Crippen molar-refractivity contribution in [3.05, 3.63) is 0 Å². The van der Waals surface area contributed by atoms with Crippen LogP contribution in [0.1, 0.15) is 64.7 Å². The lowest BCUT2D eigenvalue weighted by Crippen LogP contribution is -2.47. The lowest BCUT2D eigenvalue weighted by Gasteiger charge is -2.43. The van der Waals surface area contributed by atoms with Crippen LogP contribution in [-0.2, 0) is 0 Å². The maximum Gasteiger partial charge on any atom is 0.0146 e. The highest BCUT2D eigenvalue weighted by Gasteiger charge is 2.39. The molecule has 1 N–H and O–H groups in total. The van der Waals surface area contributed by atoms with Crippen LogP contribution >= 0.6 is 0 Å². The first kappa shape index (κ1) is 11.4. The van der Waals surface area contributed by atoms with Crippen molar-refractivity contribution in [1.82, 2.24) is 5.32 Å². The third-order valence-corrected chi connectivity index (χ3v) is 4.93. The van der Waals surface area contributed by atoms with Gasteiger partial charge in [-0.2, -0.15) is 0 Å². The summed E-state index contributed by atoms with van der Waals surface area (Å²) in [4.78, 5) is 0. The summed E-state index contributed by atoms with van der Waals surface area (Å²) in [6.07, 6.45) is 13.2. The average Bonchev–Trinajstić information content (AvgIpc) is 2.73. The second-order valence-corrected chi connectivity index (χ2v) is 6.03. The molecule has 15 heavy (non-hydrogen) atoms. The second-order valence-electron chi connectivity index (χ2n) is 6.03. The van der Waals surface area contributed by atoms with Crippen molar-refractivity contribution in [2.45, 2.75) is 70.8 Å². The topological polar surface area (TPSA) is 12.0 Å². The van der Waals surface area contributed by atoms with Crippen molar-refractivity contribution in [2.75, 3.05) is 7.05 Å². The van der Waals surface area contributed by atoms with Gasteiger partial charge in [-0.1, -0.05) is 39.0 Å². The van der Waals surface area contributed by atoms with Crippen LogP contribution < -0.4 is 5.32 Å². The average molecular weight is 209 g/mol. The molecule has 0 heterocycles. The molecule has 2 fully saturated rings. The fraction of sp³-hybridized carbons (Fsp3) is 1.00. The lowest BCUT2D eigenvalue weighted by molar-refractivity contribution is 0.109. The van der Waals surface area contributed by atoms with Gasteiger partial charge in [-0.05, 0) is 44.1 Å². The Balaban J connectivity index is 2.02. The van der Waals surface area contributed by atoms with Gasteiger partial charge in [0.15, 0.2) is 0 Å².